The predicted octanol–water partition coefficient (Wildman–Crippen LogP) is 4.47. The molecule has 6 nitrogen and oxygen atoms in total. The Kier molecular flexibility index (Phi) is 5.01. The second-order valence-corrected chi connectivity index (χ2v) is 6.32. The maximum absolute atomic E-state index is 12.4. The number of nitrogens with one attached hydrogen (secondary N) is 1. The van der Waals surface area contributed by atoms with Crippen molar-refractivity contribution in [3.63, 3.8) is 0 Å². The summed E-state index contributed by atoms with van der Waals surface area (Å²) in [5.74, 6) is 1.59. The molecule has 1 N–H and O–H groups in total. The third kappa shape index (κ3) is 3.86. The van der Waals surface area contributed by atoms with Crippen molar-refractivity contribution >= 4 is 22.4 Å². The molecule has 3 aromatic carbocycles. The molecule has 0 bridgehead atoms. The molecule has 0 spiro atoms. The summed E-state index contributed by atoms with van der Waals surface area (Å²) in [7, 11) is 1.62. The van der Waals surface area contributed by atoms with Crippen molar-refractivity contribution in [1.29, 1.82) is 0 Å². The second-order valence-electron chi connectivity index (χ2n) is 6.32. The number of rotatable bonds is 6. The first-order valence-corrected chi connectivity index (χ1v) is 8.97. The van der Waals surface area contributed by atoms with Crippen molar-refractivity contribution in [3.8, 4) is 17.1 Å². The van der Waals surface area contributed by atoms with Gasteiger partial charge in [-0.05, 0) is 35.7 Å². The summed E-state index contributed by atoms with van der Waals surface area (Å²) < 4.78 is 10.4. The van der Waals surface area contributed by atoms with Gasteiger partial charge in [0.1, 0.15) is 5.75 Å². The normalized spacial score (nSPS) is 10.8. The van der Waals surface area contributed by atoms with Crippen molar-refractivity contribution in [2.24, 2.45) is 0 Å². The van der Waals surface area contributed by atoms with E-state index in [1.807, 2.05) is 66.7 Å². The highest BCUT2D eigenvalue weighted by Crippen LogP contribution is 2.23. The highest BCUT2D eigenvalue weighted by molar-refractivity contribution is 6.02. The van der Waals surface area contributed by atoms with E-state index in [-0.39, 0.29) is 12.3 Å². The molecule has 0 atom stereocenters. The van der Waals surface area contributed by atoms with E-state index in [4.69, 9.17) is 9.26 Å². The predicted molar refractivity (Wildman–Crippen MR) is 107 cm³/mol. The number of aromatic nitrogens is 2. The summed E-state index contributed by atoms with van der Waals surface area (Å²) in [5.41, 5.74) is 1.63. The minimum Gasteiger partial charge on any atom is -0.497 e. The summed E-state index contributed by atoms with van der Waals surface area (Å²) in [6, 6.07) is 21.2. The molecule has 0 saturated carbocycles. The molecule has 0 aliphatic rings. The lowest BCUT2D eigenvalue weighted by atomic mass is 10.1. The molecule has 28 heavy (non-hydrogen) atoms. The summed E-state index contributed by atoms with van der Waals surface area (Å²) in [4.78, 5) is 16.7. The Morgan fingerprint density at radius 1 is 1.04 bits per heavy atom. The van der Waals surface area contributed by atoms with Crippen LogP contribution in [-0.2, 0) is 11.2 Å². The minimum absolute atomic E-state index is 0.0967. The van der Waals surface area contributed by atoms with E-state index in [0.717, 1.165) is 27.8 Å². The van der Waals surface area contributed by atoms with Gasteiger partial charge < -0.3 is 14.6 Å². The highest BCUT2D eigenvalue weighted by atomic mass is 16.5. The standard InChI is InChI=1S/C22H19N3O3/c1-27-17-11-9-16(10-12-17)22-24-21(28-25-22)14-13-20(26)23-19-8-4-6-15-5-2-3-7-18(15)19/h2-12H,13-14H2,1H3,(H,23,26). The van der Waals surface area contributed by atoms with E-state index in [1.165, 1.54) is 0 Å². The van der Waals surface area contributed by atoms with Crippen molar-refractivity contribution in [2.75, 3.05) is 12.4 Å². The van der Waals surface area contributed by atoms with Gasteiger partial charge in [-0.3, -0.25) is 4.79 Å². The van der Waals surface area contributed by atoms with Gasteiger partial charge in [0.2, 0.25) is 17.6 Å². The Bertz CT molecular complexity index is 1100. The van der Waals surface area contributed by atoms with Gasteiger partial charge in [0.05, 0.1) is 7.11 Å². The molecular weight excluding hydrogens is 354 g/mol. The lowest BCUT2D eigenvalue weighted by Crippen LogP contribution is -2.12. The van der Waals surface area contributed by atoms with Crippen LogP contribution in [0.1, 0.15) is 12.3 Å². The molecule has 4 aromatic rings. The van der Waals surface area contributed by atoms with Gasteiger partial charge in [0, 0.05) is 29.5 Å². The van der Waals surface area contributed by atoms with Crippen LogP contribution >= 0.6 is 0 Å². The molecule has 1 heterocycles. The lowest BCUT2D eigenvalue weighted by Gasteiger charge is -2.08. The number of nitrogens with zero attached hydrogens (tertiary/aromatic N) is 2. The topological polar surface area (TPSA) is 77.2 Å². The quantitative estimate of drug-likeness (QED) is 0.540. The molecule has 0 fully saturated rings. The van der Waals surface area contributed by atoms with Gasteiger partial charge in [-0.15, -0.1) is 0 Å². The van der Waals surface area contributed by atoms with Gasteiger partial charge in [-0.1, -0.05) is 41.6 Å². The Morgan fingerprint density at radius 3 is 2.64 bits per heavy atom. The van der Waals surface area contributed by atoms with Gasteiger partial charge in [-0.25, -0.2) is 0 Å². The molecule has 0 aliphatic heterocycles. The minimum atomic E-state index is -0.0967. The van der Waals surface area contributed by atoms with Crippen LogP contribution in [0, 0.1) is 0 Å². The molecule has 6 heteroatoms. The Labute approximate surface area is 162 Å². The zero-order chi connectivity index (χ0) is 19.3. The van der Waals surface area contributed by atoms with Gasteiger partial charge >= 0.3 is 0 Å². The fraction of sp³-hybridized carbons (Fsp3) is 0.136. The molecule has 0 unspecified atom stereocenters. The maximum Gasteiger partial charge on any atom is 0.227 e. The van der Waals surface area contributed by atoms with Crippen molar-refractivity contribution in [2.45, 2.75) is 12.8 Å². The van der Waals surface area contributed by atoms with Crippen molar-refractivity contribution < 1.29 is 14.1 Å². The summed E-state index contributed by atoms with van der Waals surface area (Å²) >= 11 is 0. The summed E-state index contributed by atoms with van der Waals surface area (Å²) in [6.07, 6.45) is 0.632. The fourth-order valence-electron chi connectivity index (χ4n) is 2.98. The first kappa shape index (κ1) is 17.7. The van der Waals surface area contributed by atoms with Crippen LogP contribution in [0.25, 0.3) is 22.2 Å². The van der Waals surface area contributed by atoms with Crippen LogP contribution in [-0.4, -0.2) is 23.2 Å². The molecule has 0 radical (unpaired) electrons. The number of amides is 1. The summed E-state index contributed by atoms with van der Waals surface area (Å²) in [5, 5.41) is 9.05. The van der Waals surface area contributed by atoms with E-state index < -0.39 is 0 Å². The monoisotopic (exact) mass is 373 g/mol. The maximum atomic E-state index is 12.4. The third-order valence-electron chi connectivity index (χ3n) is 4.45. The zero-order valence-electron chi connectivity index (χ0n) is 15.4. The number of anilines is 1. The van der Waals surface area contributed by atoms with E-state index >= 15 is 0 Å². The number of ether oxygens (including phenoxy) is 1. The van der Waals surface area contributed by atoms with E-state index in [9.17, 15) is 4.79 Å². The fourth-order valence-corrected chi connectivity index (χ4v) is 2.98. The average Bonchev–Trinajstić information content (AvgIpc) is 3.22. The van der Waals surface area contributed by atoms with E-state index in [1.54, 1.807) is 7.11 Å². The van der Waals surface area contributed by atoms with Crippen LogP contribution in [0.3, 0.4) is 0 Å². The number of hydrogen-bond donors (Lipinski definition) is 1. The molecule has 1 aromatic heterocycles. The Hall–Kier alpha value is -3.67. The van der Waals surface area contributed by atoms with E-state index in [2.05, 4.69) is 15.5 Å². The number of benzene rings is 3. The van der Waals surface area contributed by atoms with E-state index in [0.29, 0.717) is 18.1 Å². The van der Waals surface area contributed by atoms with Crippen LogP contribution < -0.4 is 10.1 Å². The van der Waals surface area contributed by atoms with Crippen LogP contribution in [0.15, 0.2) is 71.3 Å². The largest absolute Gasteiger partial charge is 0.497 e. The van der Waals surface area contributed by atoms with Crippen molar-refractivity contribution in [3.05, 3.63) is 72.6 Å². The number of hydrogen-bond acceptors (Lipinski definition) is 5. The first-order chi connectivity index (χ1) is 13.7. The number of fused-ring (bicyclic) bond motifs is 1. The lowest BCUT2D eigenvalue weighted by molar-refractivity contribution is -0.116. The number of carbonyl (C=O) groups is 1. The second kappa shape index (κ2) is 7.92. The third-order valence-corrected chi connectivity index (χ3v) is 4.45. The molecular formula is C22H19N3O3. The molecule has 1 amide bonds. The SMILES string of the molecule is COc1ccc(-c2noc(CCC(=O)Nc3cccc4ccccc34)n2)cc1. The van der Waals surface area contributed by atoms with Gasteiger partial charge in [-0.2, -0.15) is 4.98 Å². The first-order valence-electron chi connectivity index (χ1n) is 8.97. The highest BCUT2D eigenvalue weighted by Gasteiger charge is 2.12. The van der Waals surface area contributed by atoms with Crippen LogP contribution in [0.4, 0.5) is 5.69 Å². The zero-order valence-corrected chi connectivity index (χ0v) is 15.4. The smallest absolute Gasteiger partial charge is 0.227 e. The molecule has 140 valence electrons. The number of carbonyl (C=O) groups excluding carboxylic acids is 1. The number of methoxy groups -OCH3 is 1. The average molecular weight is 373 g/mol. The van der Waals surface area contributed by atoms with Crippen molar-refractivity contribution in [1.82, 2.24) is 10.1 Å². The van der Waals surface area contributed by atoms with Gasteiger partial charge in [0.25, 0.3) is 0 Å². The van der Waals surface area contributed by atoms with Crippen LogP contribution in [0.2, 0.25) is 0 Å². The molecule has 0 saturated heterocycles. The number of aryl methyl sites for hydroxylation is 1. The summed E-state index contributed by atoms with van der Waals surface area (Å²) in [6.45, 7) is 0. The van der Waals surface area contributed by atoms with Gasteiger partial charge in [0.15, 0.2) is 0 Å². The molecule has 4 rings (SSSR count). The van der Waals surface area contributed by atoms with Crippen LogP contribution in [0.5, 0.6) is 5.75 Å². The Morgan fingerprint density at radius 2 is 1.82 bits per heavy atom. The Balaban J connectivity index is 1.39. The molecule has 0 aliphatic carbocycles.